The number of aromatic nitrogens is 2. The first-order valence-electron chi connectivity index (χ1n) is 10.6. The van der Waals surface area contributed by atoms with E-state index in [-0.39, 0.29) is 5.91 Å². The van der Waals surface area contributed by atoms with Crippen molar-refractivity contribution in [1.29, 1.82) is 0 Å². The minimum atomic E-state index is -5.08. The van der Waals surface area contributed by atoms with Gasteiger partial charge in [0.15, 0.2) is 6.10 Å². The van der Waals surface area contributed by atoms with Crippen molar-refractivity contribution in [2.24, 2.45) is 5.73 Å². The number of primary amides is 1. The lowest BCUT2D eigenvalue weighted by atomic mass is 9.88. The standard InChI is InChI=1S/C20H24N4O4.C2HF3O2/c1-27-15-4-2-14(3-5-15)12-17(25)23-9-6-20(7-10-23)19-22-8-11-24(19)13-16(28-20)18(21)26;3-2(4,5)1(6)7/h2-5,8,11,16H,6-7,9-10,12-13H2,1H3,(H2,21,26);(H,6,7). The van der Waals surface area contributed by atoms with Gasteiger partial charge < -0.3 is 29.8 Å². The minimum Gasteiger partial charge on any atom is -0.497 e. The van der Waals surface area contributed by atoms with E-state index < -0.39 is 29.8 Å². The average Bonchev–Trinajstić information content (AvgIpc) is 3.29. The number of amides is 2. The Balaban J connectivity index is 0.000000429. The predicted molar refractivity (Wildman–Crippen MR) is 114 cm³/mol. The number of rotatable bonds is 4. The molecule has 2 aliphatic heterocycles. The number of methoxy groups -OCH3 is 1. The molecule has 1 fully saturated rings. The molecule has 3 N–H and O–H groups in total. The molecule has 1 atom stereocenters. The van der Waals surface area contributed by atoms with Crippen LogP contribution in [0.5, 0.6) is 5.75 Å². The smallest absolute Gasteiger partial charge is 0.490 e. The number of hydrogen-bond donors (Lipinski definition) is 2. The second-order valence-corrected chi connectivity index (χ2v) is 8.11. The zero-order valence-corrected chi connectivity index (χ0v) is 18.8. The molecule has 10 nitrogen and oxygen atoms in total. The van der Waals surface area contributed by atoms with Crippen molar-refractivity contribution >= 4 is 17.8 Å². The largest absolute Gasteiger partial charge is 0.497 e. The van der Waals surface area contributed by atoms with Crippen molar-refractivity contribution in [3.63, 3.8) is 0 Å². The number of nitrogens with two attached hydrogens (primary N) is 1. The molecule has 13 heteroatoms. The number of halogens is 3. The number of benzene rings is 1. The number of fused-ring (bicyclic) bond motifs is 2. The van der Waals surface area contributed by atoms with Crippen LogP contribution in [0, 0.1) is 0 Å². The van der Waals surface area contributed by atoms with Gasteiger partial charge in [0.05, 0.1) is 20.1 Å². The maximum absolute atomic E-state index is 12.7. The van der Waals surface area contributed by atoms with Gasteiger partial charge >= 0.3 is 12.1 Å². The molecule has 2 aromatic rings. The Bertz CT molecular complexity index is 1060. The molecule has 3 heterocycles. The number of alkyl halides is 3. The maximum Gasteiger partial charge on any atom is 0.490 e. The Kier molecular flexibility index (Phi) is 7.68. The van der Waals surface area contributed by atoms with Gasteiger partial charge in [-0.15, -0.1) is 0 Å². The summed E-state index contributed by atoms with van der Waals surface area (Å²) < 4.78 is 44.9. The number of carboxylic acid groups (broad SMARTS) is 1. The third kappa shape index (κ3) is 6.10. The molecule has 4 rings (SSSR count). The van der Waals surface area contributed by atoms with Crippen LogP contribution in [0.3, 0.4) is 0 Å². The van der Waals surface area contributed by atoms with E-state index in [9.17, 15) is 22.8 Å². The minimum absolute atomic E-state index is 0.0746. The molecule has 0 radical (unpaired) electrons. The Morgan fingerprint density at radius 1 is 1.23 bits per heavy atom. The van der Waals surface area contributed by atoms with Crippen LogP contribution in [0.15, 0.2) is 36.7 Å². The summed E-state index contributed by atoms with van der Waals surface area (Å²) in [7, 11) is 1.62. The Morgan fingerprint density at radius 2 is 1.83 bits per heavy atom. The summed E-state index contributed by atoms with van der Waals surface area (Å²) in [5.41, 5.74) is 5.77. The van der Waals surface area contributed by atoms with Crippen LogP contribution in [0.25, 0.3) is 0 Å². The average molecular weight is 498 g/mol. The number of aliphatic carboxylic acids is 1. The summed E-state index contributed by atoms with van der Waals surface area (Å²) in [5, 5.41) is 7.12. The third-order valence-electron chi connectivity index (χ3n) is 5.85. The van der Waals surface area contributed by atoms with E-state index in [0.717, 1.165) is 17.1 Å². The van der Waals surface area contributed by atoms with Crippen LogP contribution in [-0.4, -0.2) is 69.8 Å². The van der Waals surface area contributed by atoms with Crippen molar-refractivity contribution in [2.45, 2.75) is 43.7 Å². The maximum atomic E-state index is 12.7. The SMILES string of the molecule is COc1ccc(CC(=O)N2CCC3(CC2)OC(C(N)=O)Cn2ccnc23)cc1.O=C(O)C(F)(F)F. The highest BCUT2D eigenvalue weighted by Gasteiger charge is 2.47. The number of carbonyl (C=O) groups is 3. The van der Waals surface area contributed by atoms with Crippen molar-refractivity contribution in [3.05, 3.63) is 48.0 Å². The van der Waals surface area contributed by atoms with E-state index in [4.69, 9.17) is 25.1 Å². The molecule has 1 aromatic carbocycles. The molecule has 1 saturated heterocycles. The van der Waals surface area contributed by atoms with E-state index in [0.29, 0.717) is 38.9 Å². The lowest BCUT2D eigenvalue weighted by Crippen LogP contribution is -2.54. The van der Waals surface area contributed by atoms with Crippen LogP contribution in [0.4, 0.5) is 13.2 Å². The number of ether oxygens (including phenoxy) is 2. The Hall–Kier alpha value is -3.61. The van der Waals surface area contributed by atoms with Gasteiger partial charge in [0.25, 0.3) is 0 Å². The number of piperidine rings is 1. The van der Waals surface area contributed by atoms with Gasteiger partial charge in [-0.3, -0.25) is 9.59 Å². The zero-order chi connectivity index (χ0) is 25.8. The second kappa shape index (κ2) is 10.3. The summed E-state index contributed by atoms with van der Waals surface area (Å²) in [4.78, 5) is 39.6. The molecule has 2 amide bonds. The number of imidazole rings is 1. The molecule has 35 heavy (non-hydrogen) atoms. The molecular formula is C22H25F3N4O6. The summed E-state index contributed by atoms with van der Waals surface area (Å²) in [6.45, 7) is 1.48. The van der Waals surface area contributed by atoms with Crippen molar-refractivity contribution in [1.82, 2.24) is 14.5 Å². The first kappa shape index (κ1) is 26.0. The second-order valence-electron chi connectivity index (χ2n) is 8.11. The molecule has 190 valence electrons. The summed E-state index contributed by atoms with van der Waals surface area (Å²) >= 11 is 0. The van der Waals surface area contributed by atoms with Crippen molar-refractivity contribution < 1.29 is 42.1 Å². The van der Waals surface area contributed by atoms with Crippen LogP contribution in [0.1, 0.15) is 24.2 Å². The van der Waals surface area contributed by atoms with Gasteiger partial charge in [0, 0.05) is 38.3 Å². The lowest BCUT2D eigenvalue weighted by Gasteiger charge is -2.45. The molecular weight excluding hydrogens is 473 g/mol. The predicted octanol–water partition coefficient (Wildman–Crippen LogP) is 1.47. The van der Waals surface area contributed by atoms with Gasteiger partial charge in [-0.05, 0) is 17.7 Å². The van der Waals surface area contributed by atoms with E-state index in [1.54, 1.807) is 13.3 Å². The van der Waals surface area contributed by atoms with Crippen LogP contribution in [0.2, 0.25) is 0 Å². The monoisotopic (exact) mass is 498 g/mol. The van der Waals surface area contributed by atoms with E-state index in [1.165, 1.54) is 0 Å². The zero-order valence-electron chi connectivity index (χ0n) is 18.8. The van der Waals surface area contributed by atoms with E-state index in [1.807, 2.05) is 39.9 Å². The fourth-order valence-electron chi connectivity index (χ4n) is 4.03. The van der Waals surface area contributed by atoms with Crippen molar-refractivity contribution in [3.8, 4) is 5.75 Å². The van der Waals surface area contributed by atoms with E-state index in [2.05, 4.69) is 4.98 Å². The van der Waals surface area contributed by atoms with Gasteiger partial charge in [0.2, 0.25) is 11.8 Å². The van der Waals surface area contributed by atoms with Crippen molar-refractivity contribution in [2.75, 3.05) is 20.2 Å². The number of carbonyl (C=O) groups excluding carboxylic acids is 2. The number of hydrogen-bond acceptors (Lipinski definition) is 6. The molecule has 1 spiro atoms. The molecule has 0 saturated carbocycles. The fourth-order valence-corrected chi connectivity index (χ4v) is 4.03. The normalized spacial score (nSPS) is 18.7. The summed E-state index contributed by atoms with van der Waals surface area (Å²) in [5.74, 6) is -1.58. The van der Waals surface area contributed by atoms with Gasteiger partial charge in [-0.25, -0.2) is 9.78 Å². The van der Waals surface area contributed by atoms with Gasteiger partial charge in [-0.2, -0.15) is 13.2 Å². The number of nitrogens with zero attached hydrogens (tertiary/aromatic N) is 3. The highest BCUT2D eigenvalue weighted by Crippen LogP contribution is 2.40. The lowest BCUT2D eigenvalue weighted by molar-refractivity contribution is -0.192. The highest BCUT2D eigenvalue weighted by molar-refractivity contribution is 5.79. The first-order chi connectivity index (χ1) is 16.4. The fraction of sp³-hybridized carbons (Fsp3) is 0.455. The third-order valence-corrected chi connectivity index (χ3v) is 5.85. The number of likely N-dealkylation sites (tertiary alicyclic amines) is 1. The first-order valence-corrected chi connectivity index (χ1v) is 10.6. The number of carboxylic acids is 1. The molecule has 0 aliphatic carbocycles. The van der Waals surface area contributed by atoms with Crippen LogP contribution < -0.4 is 10.5 Å². The summed E-state index contributed by atoms with van der Waals surface area (Å²) in [6, 6.07) is 7.52. The Morgan fingerprint density at radius 3 is 2.34 bits per heavy atom. The highest BCUT2D eigenvalue weighted by atomic mass is 19.4. The summed E-state index contributed by atoms with van der Waals surface area (Å²) in [6.07, 6.45) is -0.689. The topological polar surface area (TPSA) is 137 Å². The quantitative estimate of drug-likeness (QED) is 0.651. The molecule has 1 unspecified atom stereocenters. The molecule has 0 bridgehead atoms. The van der Waals surface area contributed by atoms with Gasteiger partial charge in [0.1, 0.15) is 17.2 Å². The van der Waals surface area contributed by atoms with E-state index >= 15 is 0 Å². The molecule has 1 aromatic heterocycles. The molecule has 2 aliphatic rings. The Labute approximate surface area is 198 Å². The van der Waals surface area contributed by atoms with Gasteiger partial charge in [-0.1, -0.05) is 12.1 Å². The van der Waals surface area contributed by atoms with Crippen LogP contribution >= 0.6 is 0 Å². The van der Waals surface area contributed by atoms with Crippen LogP contribution in [-0.2, 0) is 37.7 Å².